The smallest absolute Gasteiger partial charge is 0.303 e. The molecule has 0 saturated heterocycles. The van der Waals surface area contributed by atoms with Crippen molar-refractivity contribution in [2.45, 2.75) is 18.8 Å². The van der Waals surface area contributed by atoms with Gasteiger partial charge in [-0.3, -0.25) is 9.59 Å². The van der Waals surface area contributed by atoms with Crippen LogP contribution >= 0.6 is 0 Å². The van der Waals surface area contributed by atoms with Crippen LogP contribution in [0.15, 0.2) is 36.4 Å². The van der Waals surface area contributed by atoms with Crippen LogP contribution < -0.4 is 18.9 Å². The van der Waals surface area contributed by atoms with Crippen molar-refractivity contribution < 1.29 is 33.6 Å². The number of Topliss-reactive ketones (excluding diaryl/α,β-unsaturated/α-hetero) is 1. The van der Waals surface area contributed by atoms with Crippen LogP contribution in [0.4, 0.5) is 0 Å². The second-order valence-electron chi connectivity index (χ2n) is 6.03. The molecule has 2 aromatic rings. The molecular weight excluding hydrogens is 364 g/mol. The molecule has 0 amide bonds. The lowest BCUT2D eigenvalue weighted by Crippen LogP contribution is -2.15. The van der Waals surface area contributed by atoms with Gasteiger partial charge in [0, 0.05) is 17.9 Å². The van der Waals surface area contributed by atoms with Crippen LogP contribution in [-0.4, -0.2) is 45.3 Å². The van der Waals surface area contributed by atoms with E-state index in [-0.39, 0.29) is 18.6 Å². The summed E-state index contributed by atoms with van der Waals surface area (Å²) in [6, 6.07) is 10.0. The Balaban J connectivity index is 2.45. The van der Waals surface area contributed by atoms with Crippen molar-refractivity contribution in [2.75, 3.05) is 28.4 Å². The summed E-state index contributed by atoms with van der Waals surface area (Å²) in [7, 11) is 6.03. The Morgan fingerprint density at radius 2 is 1.36 bits per heavy atom. The minimum atomic E-state index is -0.967. The molecule has 0 aliphatic rings. The largest absolute Gasteiger partial charge is 0.493 e. The molecule has 7 heteroatoms. The second kappa shape index (κ2) is 9.64. The van der Waals surface area contributed by atoms with Gasteiger partial charge in [-0.25, -0.2) is 0 Å². The SMILES string of the molecule is COc1ccc(C(=O)C(CCC(=O)O)c2ccc(OC)c(OC)c2)cc1OC. The molecule has 1 N–H and O–H groups in total. The van der Waals surface area contributed by atoms with Crippen LogP contribution in [0.3, 0.4) is 0 Å². The molecule has 2 aromatic carbocycles. The Morgan fingerprint density at radius 1 is 0.821 bits per heavy atom. The van der Waals surface area contributed by atoms with E-state index >= 15 is 0 Å². The average molecular weight is 388 g/mol. The summed E-state index contributed by atoms with van der Waals surface area (Å²) in [5, 5.41) is 9.10. The van der Waals surface area contributed by atoms with Crippen molar-refractivity contribution in [1.29, 1.82) is 0 Å². The summed E-state index contributed by atoms with van der Waals surface area (Å²) >= 11 is 0. The fourth-order valence-corrected chi connectivity index (χ4v) is 2.98. The van der Waals surface area contributed by atoms with Crippen molar-refractivity contribution >= 4 is 11.8 Å². The zero-order valence-electron chi connectivity index (χ0n) is 16.4. The van der Waals surface area contributed by atoms with Gasteiger partial charge in [0.2, 0.25) is 0 Å². The number of ether oxygens (including phenoxy) is 4. The zero-order chi connectivity index (χ0) is 20.7. The molecule has 0 bridgehead atoms. The number of methoxy groups -OCH3 is 4. The monoisotopic (exact) mass is 388 g/mol. The number of benzene rings is 2. The van der Waals surface area contributed by atoms with Gasteiger partial charge in [0.1, 0.15) is 0 Å². The number of aliphatic carboxylic acids is 1. The third kappa shape index (κ3) is 4.73. The molecule has 0 radical (unpaired) electrons. The van der Waals surface area contributed by atoms with Gasteiger partial charge in [-0.15, -0.1) is 0 Å². The third-order valence-corrected chi connectivity index (χ3v) is 4.44. The zero-order valence-corrected chi connectivity index (χ0v) is 16.4. The van der Waals surface area contributed by atoms with Gasteiger partial charge in [0.15, 0.2) is 28.8 Å². The number of carboxylic acids is 1. The Morgan fingerprint density at radius 3 is 1.89 bits per heavy atom. The Kier molecular flexibility index (Phi) is 7.26. The minimum absolute atomic E-state index is 0.141. The highest BCUT2D eigenvalue weighted by molar-refractivity contribution is 6.01. The van der Waals surface area contributed by atoms with Crippen molar-refractivity contribution in [3.63, 3.8) is 0 Å². The lowest BCUT2D eigenvalue weighted by molar-refractivity contribution is -0.137. The number of hydrogen-bond donors (Lipinski definition) is 1. The quantitative estimate of drug-likeness (QED) is 0.622. The number of carboxylic acid groups (broad SMARTS) is 1. The highest BCUT2D eigenvalue weighted by Gasteiger charge is 2.25. The van der Waals surface area contributed by atoms with Crippen LogP contribution in [0.5, 0.6) is 23.0 Å². The molecule has 0 heterocycles. The molecule has 0 fully saturated rings. The molecule has 1 atom stereocenters. The average Bonchev–Trinajstić information content (AvgIpc) is 2.72. The van der Waals surface area contributed by atoms with E-state index in [0.717, 1.165) is 0 Å². The molecule has 0 aliphatic heterocycles. The Bertz CT molecular complexity index is 845. The highest BCUT2D eigenvalue weighted by Crippen LogP contribution is 2.35. The first-order chi connectivity index (χ1) is 13.4. The van der Waals surface area contributed by atoms with E-state index in [1.807, 2.05) is 0 Å². The molecule has 0 aliphatic carbocycles. The van der Waals surface area contributed by atoms with Crippen LogP contribution in [0.25, 0.3) is 0 Å². The lowest BCUT2D eigenvalue weighted by Gasteiger charge is -2.18. The number of carbonyl (C=O) groups excluding carboxylic acids is 1. The molecule has 0 spiro atoms. The summed E-state index contributed by atoms with van der Waals surface area (Å²) < 4.78 is 21.0. The first kappa shape index (κ1) is 21.1. The van der Waals surface area contributed by atoms with Crippen LogP contribution in [0.2, 0.25) is 0 Å². The number of carbonyl (C=O) groups is 2. The van der Waals surface area contributed by atoms with E-state index in [1.165, 1.54) is 28.4 Å². The number of hydrogen-bond acceptors (Lipinski definition) is 6. The van der Waals surface area contributed by atoms with Gasteiger partial charge in [0.05, 0.1) is 28.4 Å². The molecular formula is C21H24O7. The fourth-order valence-electron chi connectivity index (χ4n) is 2.98. The first-order valence-corrected chi connectivity index (χ1v) is 8.65. The lowest BCUT2D eigenvalue weighted by atomic mass is 9.86. The number of ketones is 1. The second-order valence-corrected chi connectivity index (χ2v) is 6.03. The third-order valence-electron chi connectivity index (χ3n) is 4.44. The Hall–Kier alpha value is -3.22. The van der Waals surface area contributed by atoms with Crippen molar-refractivity contribution in [1.82, 2.24) is 0 Å². The van der Waals surface area contributed by atoms with Crippen molar-refractivity contribution in [3.05, 3.63) is 47.5 Å². The standard InChI is InChI=1S/C21H24O7/c1-25-16-8-5-13(11-18(16)27-3)15(7-10-20(22)23)21(24)14-6-9-17(26-2)19(12-14)28-4/h5-6,8-9,11-12,15H,7,10H2,1-4H3,(H,22,23). The summed E-state index contributed by atoms with van der Waals surface area (Å²) in [5.74, 6) is 0.0983. The van der Waals surface area contributed by atoms with Gasteiger partial charge in [-0.05, 0) is 42.3 Å². The predicted molar refractivity (Wildman–Crippen MR) is 103 cm³/mol. The molecule has 0 aromatic heterocycles. The van der Waals surface area contributed by atoms with Crippen LogP contribution in [0.1, 0.15) is 34.7 Å². The maximum atomic E-state index is 13.2. The maximum absolute atomic E-state index is 13.2. The number of rotatable bonds is 10. The van der Waals surface area contributed by atoms with E-state index < -0.39 is 11.9 Å². The van der Waals surface area contributed by atoms with E-state index in [2.05, 4.69) is 0 Å². The summed E-state index contributed by atoms with van der Waals surface area (Å²) in [4.78, 5) is 24.3. The van der Waals surface area contributed by atoms with Gasteiger partial charge in [-0.1, -0.05) is 6.07 Å². The van der Waals surface area contributed by atoms with Gasteiger partial charge < -0.3 is 24.1 Å². The van der Waals surface area contributed by atoms with Gasteiger partial charge in [-0.2, -0.15) is 0 Å². The van der Waals surface area contributed by atoms with E-state index in [0.29, 0.717) is 34.1 Å². The van der Waals surface area contributed by atoms with Crippen LogP contribution in [0, 0.1) is 0 Å². The van der Waals surface area contributed by atoms with Gasteiger partial charge in [0.25, 0.3) is 0 Å². The van der Waals surface area contributed by atoms with Crippen molar-refractivity contribution in [2.24, 2.45) is 0 Å². The molecule has 28 heavy (non-hydrogen) atoms. The fraction of sp³-hybridized carbons (Fsp3) is 0.333. The first-order valence-electron chi connectivity index (χ1n) is 8.65. The van der Waals surface area contributed by atoms with E-state index in [9.17, 15) is 9.59 Å². The molecule has 150 valence electrons. The van der Waals surface area contributed by atoms with Gasteiger partial charge >= 0.3 is 5.97 Å². The minimum Gasteiger partial charge on any atom is -0.493 e. The molecule has 1 unspecified atom stereocenters. The highest BCUT2D eigenvalue weighted by atomic mass is 16.5. The van der Waals surface area contributed by atoms with E-state index in [4.69, 9.17) is 24.1 Å². The predicted octanol–water partition coefficient (Wildman–Crippen LogP) is 3.55. The Labute approximate surface area is 163 Å². The van der Waals surface area contributed by atoms with E-state index in [1.54, 1.807) is 36.4 Å². The normalized spacial score (nSPS) is 11.4. The molecule has 7 nitrogen and oxygen atoms in total. The summed E-state index contributed by atoms with van der Waals surface area (Å²) in [6.07, 6.45) is 0.00996. The van der Waals surface area contributed by atoms with Crippen molar-refractivity contribution in [3.8, 4) is 23.0 Å². The molecule has 0 saturated carbocycles. The van der Waals surface area contributed by atoms with Crippen LogP contribution in [-0.2, 0) is 4.79 Å². The maximum Gasteiger partial charge on any atom is 0.303 e. The topological polar surface area (TPSA) is 91.3 Å². The molecule has 2 rings (SSSR count). The summed E-state index contributed by atoms with van der Waals surface area (Å²) in [6.45, 7) is 0. The summed E-state index contributed by atoms with van der Waals surface area (Å²) in [5.41, 5.74) is 1.06.